The van der Waals surface area contributed by atoms with Crippen molar-refractivity contribution in [3.05, 3.63) is 22.8 Å². The second-order valence-electron chi connectivity index (χ2n) is 12.7. The van der Waals surface area contributed by atoms with E-state index < -0.39 is 0 Å². The van der Waals surface area contributed by atoms with Crippen molar-refractivity contribution < 1.29 is 5.11 Å². The minimum atomic E-state index is -0.110. The van der Waals surface area contributed by atoms with Gasteiger partial charge < -0.3 is 5.11 Å². The van der Waals surface area contributed by atoms with Crippen molar-refractivity contribution >= 4 is 0 Å². The third-order valence-electron chi connectivity index (χ3n) is 10.4. The number of hydrogen-bond acceptors (Lipinski definition) is 1. The van der Waals surface area contributed by atoms with Crippen LogP contribution < -0.4 is 0 Å². The third-order valence-corrected chi connectivity index (χ3v) is 10.4. The summed E-state index contributed by atoms with van der Waals surface area (Å²) < 4.78 is 0. The molecule has 1 fully saturated rings. The first-order chi connectivity index (χ1) is 14.1. The van der Waals surface area contributed by atoms with E-state index in [4.69, 9.17) is 0 Å². The van der Waals surface area contributed by atoms with Gasteiger partial charge in [0.25, 0.3) is 0 Å². The number of allylic oxidation sites excluding steroid dienone is 4. The van der Waals surface area contributed by atoms with Crippen LogP contribution in [0.4, 0.5) is 0 Å². The van der Waals surface area contributed by atoms with Crippen LogP contribution in [0.2, 0.25) is 0 Å². The maximum atomic E-state index is 10.8. The Morgan fingerprint density at radius 2 is 1.80 bits per heavy atom. The molecule has 0 bridgehead atoms. The number of rotatable bonds is 5. The quantitative estimate of drug-likeness (QED) is 0.486. The first kappa shape index (κ1) is 22.6. The van der Waals surface area contributed by atoms with Crippen LogP contribution in [0.25, 0.3) is 0 Å². The summed E-state index contributed by atoms with van der Waals surface area (Å²) in [7, 11) is 0. The van der Waals surface area contributed by atoms with Crippen LogP contribution in [0.5, 0.6) is 0 Å². The minimum Gasteiger partial charge on any atom is -0.393 e. The van der Waals surface area contributed by atoms with Gasteiger partial charge in [0.05, 0.1) is 6.10 Å². The van der Waals surface area contributed by atoms with E-state index in [2.05, 4.69) is 54.5 Å². The van der Waals surface area contributed by atoms with Crippen LogP contribution >= 0.6 is 0 Å². The fourth-order valence-electron chi connectivity index (χ4n) is 8.75. The molecule has 0 saturated heterocycles. The zero-order valence-electron chi connectivity index (χ0n) is 20.9. The molecule has 0 aromatic heterocycles. The van der Waals surface area contributed by atoms with Gasteiger partial charge in [-0.3, -0.25) is 0 Å². The summed E-state index contributed by atoms with van der Waals surface area (Å²) in [6, 6.07) is 0. The summed E-state index contributed by atoms with van der Waals surface area (Å²) in [5.74, 6) is 4.04. The van der Waals surface area contributed by atoms with Gasteiger partial charge in [0, 0.05) is 0 Å². The number of aliphatic hydroxyl groups excluding tert-OH is 1. The van der Waals surface area contributed by atoms with Crippen LogP contribution in [0.3, 0.4) is 0 Å². The highest BCUT2D eigenvalue weighted by atomic mass is 16.3. The molecule has 1 heteroatoms. The molecular formula is C29H48O. The summed E-state index contributed by atoms with van der Waals surface area (Å²) in [6.45, 7) is 17.1. The summed E-state index contributed by atoms with van der Waals surface area (Å²) in [6.07, 6.45) is 14.4. The summed E-state index contributed by atoms with van der Waals surface area (Å²) in [5, 5.41) is 10.8. The Kier molecular flexibility index (Phi) is 6.10. The summed E-state index contributed by atoms with van der Waals surface area (Å²) in [4.78, 5) is 0. The molecule has 0 aliphatic heterocycles. The van der Waals surface area contributed by atoms with Gasteiger partial charge in [-0.05, 0) is 96.0 Å². The fourth-order valence-corrected chi connectivity index (χ4v) is 8.75. The van der Waals surface area contributed by atoms with E-state index in [0.717, 1.165) is 17.8 Å². The van der Waals surface area contributed by atoms with Gasteiger partial charge in [-0.15, -0.1) is 0 Å². The average molecular weight is 413 g/mol. The van der Waals surface area contributed by atoms with Gasteiger partial charge >= 0.3 is 0 Å². The predicted molar refractivity (Wildman–Crippen MR) is 128 cm³/mol. The Bertz CT molecular complexity index is 714. The molecule has 30 heavy (non-hydrogen) atoms. The van der Waals surface area contributed by atoms with Crippen LogP contribution in [0, 0.1) is 46.3 Å². The summed E-state index contributed by atoms with van der Waals surface area (Å²) in [5.41, 5.74) is 6.06. The Balaban J connectivity index is 1.58. The Morgan fingerprint density at radius 1 is 1.07 bits per heavy atom. The van der Waals surface area contributed by atoms with Gasteiger partial charge in [-0.1, -0.05) is 79.4 Å². The normalized spacial score (nSPS) is 44.4. The molecule has 1 N–H and O–H groups in total. The van der Waals surface area contributed by atoms with E-state index in [1.807, 2.05) is 0 Å². The molecule has 1 nitrogen and oxygen atoms in total. The second kappa shape index (κ2) is 8.09. The van der Waals surface area contributed by atoms with Crippen molar-refractivity contribution in [1.29, 1.82) is 0 Å². The molecule has 4 aliphatic rings. The molecule has 0 aromatic rings. The van der Waals surface area contributed by atoms with Gasteiger partial charge in [0.1, 0.15) is 0 Å². The minimum absolute atomic E-state index is 0.110. The highest BCUT2D eigenvalue weighted by molar-refractivity contribution is 5.49. The molecule has 1 saturated carbocycles. The lowest BCUT2D eigenvalue weighted by Gasteiger charge is -2.57. The Hall–Kier alpha value is -0.560. The van der Waals surface area contributed by atoms with Crippen molar-refractivity contribution in [2.75, 3.05) is 0 Å². The SMILES string of the molecule is CC(C)CCC[C@@H](C)[C@H]1CC=C2C3=C(CC[C@@]21C)[C@@]1(C)C[C@@H](C)[C@H](O)C(C)[C@@H]1CC3. The highest BCUT2D eigenvalue weighted by Crippen LogP contribution is 2.65. The predicted octanol–water partition coefficient (Wildman–Crippen LogP) is 7.94. The van der Waals surface area contributed by atoms with Gasteiger partial charge in [0.2, 0.25) is 0 Å². The van der Waals surface area contributed by atoms with Crippen LogP contribution in [-0.2, 0) is 0 Å². The average Bonchev–Trinajstić information content (AvgIpc) is 3.03. The van der Waals surface area contributed by atoms with E-state index in [9.17, 15) is 5.11 Å². The summed E-state index contributed by atoms with van der Waals surface area (Å²) >= 11 is 0. The van der Waals surface area contributed by atoms with Crippen LogP contribution in [-0.4, -0.2) is 11.2 Å². The molecule has 4 aliphatic carbocycles. The molecule has 0 amide bonds. The zero-order chi connectivity index (χ0) is 21.8. The number of aliphatic hydroxyl groups is 1. The Labute approximate surface area is 186 Å². The van der Waals surface area contributed by atoms with Crippen LogP contribution in [0.15, 0.2) is 22.8 Å². The van der Waals surface area contributed by atoms with E-state index in [1.54, 1.807) is 16.7 Å². The molecule has 8 atom stereocenters. The number of fused-ring (bicyclic) bond motifs is 4. The molecular weight excluding hydrogens is 364 g/mol. The standard InChI is InChI=1S/C29H48O/c1-18(2)9-8-10-19(3)23-13-14-25-22-11-12-24-21(5)27(30)20(4)17-29(24,7)26(22)15-16-28(23,25)6/h14,18-21,23-24,27,30H,8-13,15-17H2,1-7H3/t19-,20-,21?,23-,24+,27+,28-,29+/m1/s1. The van der Waals surface area contributed by atoms with Crippen molar-refractivity contribution in [1.82, 2.24) is 0 Å². The van der Waals surface area contributed by atoms with E-state index >= 15 is 0 Å². The molecule has 0 radical (unpaired) electrons. The molecule has 170 valence electrons. The molecule has 0 spiro atoms. The van der Waals surface area contributed by atoms with E-state index in [0.29, 0.717) is 28.6 Å². The third kappa shape index (κ3) is 3.46. The fraction of sp³-hybridized carbons (Fsp3) is 0.862. The first-order valence-corrected chi connectivity index (χ1v) is 13.2. The van der Waals surface area contributed by atoms with Crippen LogP contribution in [0.1, 0.15) is 106 Å². The first-order valence-electron chi connectivity index (χ1n) is 13.2. The lowest BCUT2D eigenvalue weighted by atomic mass is 9.48. The monoisotopic (exact) mass is 412 g/mol. The van der Waals surface area contributed by atoms with Crippen molar-refractivity contribution in [3.63, 3.8) is 0 Å². The highest BCUT2D eigenvalue weighted by Gasteiger charge is 2.55. The maximum Gasteiger partial charge on any atom is 0.0594 e. The molecule has 1 unspecified atom stereocenters. The van der Waals surface area contributed by atoms with Gasteiger partial charge in [0.15, 0.2) is 0 Å². The van der Waals surface area contributed by atoms with Gasteiger partial charge in [-0.25, -0.2) is 0 Å². The molecule has 0 heterocycles. The maximum absolute atomic E-state index is 10.8. The lowest BCUT2D eigenvalue weighted by molar-refractivity contribution is -0.0640. The second-order valence-corrected chi connectivity index (χ2v) is 12.7. The largest absolute Gasteiger partial charge is 0.393 e. The Morgan fingerprint density at radius 3 is 2.50 bits per heavy atom. The smallest absolute Gasteiger partial charge is 0.0594 e. The van der Waals surface area contributed by atoms with E-state index in [-0.39, 0.29) is 6.10 Å². The molecule has 0 aromatic carbocycles. The molecule has 4 rings (SSSR count). The van der Waals surface area contributed by atoms with Gasteiger partial charge in [-0.2, -0.15) is 0 Å². The lowest BCUT2D eigenvalue weighted by Crippen LogP contribution is -2.51. The zero-order valence-corrected chi connectivity index (χ0v) is 20.9. The van der Waals surface area contributed by atoms with Crippen molar-refractivity contribution in [2.45, 2.75) is 112 Å². The number of hydrogen-bond donors (Lipinski definition) is 1. The van der Waals surface area contributed by atoms with E-state index in [1.165, 1.54) is 57.8 Å². The van der Waals surface area contributed by atoms with Crippen molar-refractivity contribution in [2.24, 2.45) is 46.3 Å². The van der Waals surface area contributed by atoms with Crippen molar-refractivity contribution in [3.8, 4) is 0 Å². The topological polar surface area (TPSA) is 20.2 Å².